The molecule has 0 unspecified atom stereocenters. The van der Waals surface area contributed by atoms with Crippen LogP contribution in [0.15, 0.2) is 41.4 Å². The summed E-state index contributed by atoms with van der Waals surface area (Å²) in [5.74, 6) is 1.48. The van der Waals surface area contributed by atoms with Crippen molar-refractivity contribution in [2.75, 3.05) is 7.11 Å². The predicted octanol–water partition coefficient (Wildman–Crippen LogP) is 3.07. The topological polar surface area (TPSA) is 63.0 Å². The van der Waals surface area contributed by atoms with Gasteiger partial charge in [0, 0.05) is 5.75 Å². The lowest BCUT2D eigenvalue weighted by Gasteiger charge is -2.05. The van der Waals surface area contributed by atoms with Gasteiger partial charge in [-0.05, 0) is 29.8 Å². The van der Waals surface area contributed by atoms with E-state index in [9.17, 15) is 4.79 Å². The summed E-state index contributed by atoms with van der Waals surface area (Å²) in [4.78, 5) is 14.9. The number of aldehydes is 1. The molecule has 0 atom stereocenters. The Balaban J connectivity index is 2.13. The molecule has 0 fully saturated rings. The summed E-state index contributed by atoms with van der Waals surface area (Å²) in [7, 11) is 1.62. The zero-order chi connectivity index (χ0) is 14.4. The lowest BCUT2D eigenvalue weighted by atomic mass is 10.2. The molecule has 0 N–H and O–H groups in total. The smallest absolute Gasteiger partial charge is 0.168 e. The maximum absolute atomic E-state index is 10.7. The monoisotopic (exact) mass is 284 g/mol. The lowest BCUT2D eigenvalue weighted by Crippen LogP contribution is -1.93. The molecular formula is C15H12N2O2S. The van der Waals surface area contributed by atoms with Gasteiger partial charge < -0.3 is 4.74 Å². The number of thioether (sulfide) groups is 1. The Morgan fingerprint density at radius 1 is 1.30 bits per heavy atom. The minimum Gasteiger partial charge on any atom is -0.497 e. The summed E-state index contributed by atoms with van der Waals surface area (Å²) in [6, 6.07) is 12.9. The van der Waals surface area contributed by atoms with Crippen LogP contribution in [0.1, 0.15) is 21.6 Å². The number of carbonyl (C=O) groups is 1. The van der Waals surface area contributed by atoms with E-state index in [-0.39, 0.29) is 0 Å². The zero-order valence-electron chi connectivity index (χ0n) is 10.9. The van der Waals surface area contributed by atoms with Crippen LogP contribution in [-0.2, 0) is 5.75 Å². The number of benzene rings is 1. The molecule has 100 valence electrons. The SMILES string of the molecule is COc1ccc(CSc2nc(C=O)ccc2C#N)cc1. The number of nitrogens with zero attached hydrogens (tertiary/aromatic N) is 2. The van der Waals surface area contributed by atoms with Crippen molar-refractivity contribution in [2.24, 2.45) is 0 Å². The van der Waals surface area contributed by atoms with Crippen molar-refractivity contribution < 1.29 is 9.53 Å². The molecule has 2 rings (SSSR count). The molecule has 0 saturated heterocycles. The van der Waals surface area contributed by atoms with Crippen LogP contribution >= 0.6 is 11.8 Å². The van der Waals surface area contributed by atoms with Crippen molar-refractivity contribution in [1.82, 2.24) is 4.98 Å². The van der Waals surface area contributed by atoms with Gasteiger partial charge in [0.15, 0.2) is 6.29 Å². The molecule has 1 aromatic heterocycles. The Hall–Kier alpha value is -2.32. The van der Waals surface area contributed by atoms with Crippen LogP contribution in [0.5, 0.6) is 5.75 Å². The summed E-state index contributed by atoms with van der Waals surface area (Å²) in [6.07, 6.45) is 0.679. The minimum atomic E-state index is 0.334. The van der Waals surface area contributed by atoms with E-state index < -0.39 is 0 Å². The Morgan fingerprint density at radius 3 is 2.65 bits per heavy atom. The molecule has 1 heterocycles. The predicted molar refractivity (Wildman–Crippen MR) is 76.9 cm³/mol. The van der Waals surface area contributed by atoms with Gasteiger partial charge in [0.1, 0.15) is 22.5 Å². The molecule has 0 spiro atoms. The van der Waals surface area contributed by atoms with Crippen LogP contribution in [0.25, 0.3) is 0 Å². The number of rotatable bonds is 5. The van der Waals surface area contributed by atoms with Crippen LogP contribution in [0.3, 0.4) is 0 Å². The summed E-state index contributed by atoms with van der Waals surface area (Å²) in [5.41, 5.74) is 1.91. The summed E-state index contributed by atoms with van der Waals surface area (Å²) < 4.78 is 5.10. The Bertz CT molecular complexity index is 648. The van der Waals surface area contributed by atoms with Gasteiger partial charge in [-0.1, -0.05) is 12.1 Å². The average molecular weight is 284 g/mol. The van der Waals surface area contributed by atoms with Gasteiger partial charge in [-0.15, -0.1) is 11.8 Å². The molecule has 5 heteroatoms. The number of ether oxygens (including phenoxy) is 1. The molecular weight excluding hydrogens is 272 g/mol. The summed E-state index contributed by atoms with van der Waals surface area (Å²) >= 11 is 1.43. The third-order valence-corrected chi connectivity index (χ3v) is 3.72. The fourth-order valence-corrected chi connectivity index (χ4v) is 2.52. The second-order valence-corrected chi connectivity index (χ2v) is 4.92. The fourth-order valence-electron chi connectivity index (χ4n) is 1.59. The van der Waals surface area contributed by atoms with E-state index in [0.717, 1.165) is 11.3 Å². The Labute approximate surface area is 121 Å². The molecule has 0 radical (unpaired) electrons. The van der Waals surface area contributed by atoms with E-state index in [1.54, 1.807) is 19.2 Å². The normalized spacial score (nSPS) is 9.80. The van der Waals surface area contributed by atoms with Crippen molar-refractivity contribution in [2.45, 2.75) is 10.8 Å². The largest absolute Gasteiger partial charge is 0.497 e. The van der Waals surface area contributed by atoms with E-state index >= 15 is 0 Å². The number of hydrogen-bond donors (Lipinski definition) is 0. The van der Waals surface area contributed by atoms with Crippen molar-refractivity contribution in [3.8, 4) is 11.8 Å². The van der Waals surface area contributed by atoms with E-state index in [2.05, 4.69) is 11.1 Å². The van der Waals surface area contributed by atoms with Gasteiger partial charge in [0.25, 0.3) is 0 Å². The van der Waals surface area contributed by atoms with Crippen LogP contribution in [-0.4, -0.2) is 18.4 Å². The van der Waals surface area contributed by atoms with E-state index in [0.29, 0.717) is 28.3 Å². The van der Waals surface area contributed by atoms with Crippen LogP contribution in [0.4, 0.5) is 0 Å². The number of hydrogen-bond acceptors (Lipinski definition) is 5. The summed E-state index contributed by atoms with van der Waals surface area (Å²) in [5, 5.41) is 9.62. The molecule has 20 heavy (non-hydrogen) atoms. The van der Waals surface area contributed by atoms with Crippen molar-refractivity contribution in [1.29, 1.82) is 5.26 Å². The minimum absolute atomic E-state index is 0.334. The Kier molecular flexibility index (Phi) is 4.75. The molecule has 2 aromatic rings. The standard InChI is InChI=1S/C15H12N2O2S/c1-19-14-6-2-11(3-7-14)10-20-15-12(8-16)4-5-13(9-18)17-15/h2-7,9H,10H2,1H3. The third kappa shape index (κ3) is 3.37. The van der Waals surface area contributed by atoms with E-state index in [1.807, 2.05) is 24.3 Å². The highest BCUT2D eigenvalue weighted by Gasteiger charge is 2.06. The third-order valence-electron chi connectivity index (χ3n) is 2.66. The first-order chi connectivity index (χ1) is 9.76. The first-order valence-corrected chi connectivity index (χ1v) is 6.87. The van der Waals surface area contributed by atoms with Crippen LogP contribution in [0.2, 0.25) is 0 Å². The quantitative estimate of drug-likeness (QED) is 0.623. The molecule has 0 saturated carbocycles. The lowest BCUT2D eigenvalue weighted by molar-refractivity contribution is 0.111. The van der Waals surface area contributed by atoms with Crippen molar-refractivity contribution in [3.05, 3.63) is 53.2 Å². The van der Waals surface area contributed by atoms with Crippen LogP contribution in [0, 0.1) is 11.3 Å². The number of aromatic nitrogens is 1. The highest BCUT2D eigenvalue weighted by molar-refractivity contribution is 7.98. The maximum Gasteiger partial charge on any atom is 0.168 e. The van der Waals surface area contributed by atoms with Crippen LogP contribution < -0.4 is 4.74 Å². The van der Waals surface area contributed by atoms with Crippen molar-refractivity contribution >= 4 is 18.0 Å². The van der Waals surface area contributed by atoms with Gasteiger partial charge in [-0.3, -0.25) is 4.79 Å². The van der Waals surface area contributed by atoms with Gasteiger partial charge in [0.05, 0.1) is 12.7 Å². The van der Waals surface area contributed by atoms with Crippen molar-refractivity contribution in [3.63, 3.8) is 0 Å². The molecule has 0 amide bonds. The summed E-state index contributed by atoms with van der Waals surface area (Å²) in [6.45, 7) is 0. The second kappa shape index (κ2) is 6.73. The highest BCUT2D eigenvalue weighted by atomic mass is 32.2. The number of methoxy groups -OCH3 is 1. The van der Waals surface area contributed by atoms with E-state index in [1.165, 1.54) is 11.8 Å². The number of pyridine rings is 1. The Morgan fingerprint density at radius 2 is 2.05 bits per heavy atom. The molecule has 0 aliphatic rings. The zero-order valence-corrected chi connectivity index (χ0v) is 11.7. The second-order valence-electron chi connectivity index (χ2n) is 3.96. The number of nitriles is 1. The molecule has 0 aliphatic heterocycles. The average Bonchev–Trinajstić information content (AvgIpc) is 2.53. The van der Waals surface area contributed by atoms with Gasteiger partial charge in [-0.2, -0.15) is 5.26 Å². The molecule has 0 aliphatic carbocycles. The first kappa shape index (κ1) is 14.1. The molecule has 1 aromatic carbocycles. The first-order valence-electron chi connectivity index (χ1n) is 5.89. The maximum atomic E-state index is 10.7. The highest BCUT2D eigenvalue weighted by Crippen LogP contribution is 2.25. The van der Waals surface area contributed by atoms with Gasteiger partial charge in [-0.25, -0.2) is 4.98 Å². The molecule has 0 bridgehead atoms. The van der Waals surface area contributed by atoms with Gasteiger partial charge >= 0.3 is 0 Å². The van der Waals surface area contributed by atoms with Gasteiger partial charge in [0.2, 0.25) is 0 Å². The fraction of sp³-hybridized carbons (Fsp3) is 0.133. The number of carbonyl (C=O) groups excluding carboxylic acids is 1. The van der Waals surface area contributed by atoms with E-state index in [4.69, 9.17) is 10.00 Å². The molecule has 4 nitrogen and oxygen atoms in total.